The van der Waals surface area contributed by atoms with E-state index in [1.54, 1.807) is 36.4 Å². The Hall–Kier alpha value is -4.34. The second-order valence-electron chi connectivity index (χ2n) is 12.7. The molecule has 3 aromatic carbocycles. The van der Waals surface area contributed by atoms with Gasteiger partial charge in [-0.1, -0.05) is 47.0 Å². The van der Waals surface area contributed by atoms with Crippen molar-refractivity contribution in [3.63, 3.8) is 0 Å². The van der Waals surface area contributed by atoms with Crippen LogP contribution in [0.25, 0.3) is 0 Å². The molecule has 3 fully saturated rings. The van der Waals surface area contributed by atoms with Crippen LogP contribution in [0, 0.1) is 43.4 Å². The highest BCUT2D eigenvalue weighted by molar-refractivity contribution is 6.33. The number of aromatic hydroxyl groups is 1. The van der Waals surface area contributed by atoms with E-state index in [0.29, 0.717) is 27.0 Å². The van der Waals surface area contributed by atoms with Gasteiger partial charge < -0.3 is 14.6 Å². The first-order valence-electron chi connectivity index (χ1n) is 15.4. The Morgan fingerprint density at radius 3 is 1.72 bits per heavy atom. The molecule has 9 nitrogen and oxygen atoms in total. The minimum atomic E-state index is -0.867. The second-order valence-corrected chi connectivity index (χ2v) is 13.5. The van der Waals surface area contributed by atoms with Gasteiger partial charge in [-0.3, -0.25) is 19.2 Å². The van der Waals surface area contributed by atoms with E-state index in [9.17, 15) is 24.3 Å². The lowest BCUT2D eigenvalue weighted by Gasteiger charge is -2.44. The number of anilines is 2. The maximum absolute atomic E-state index is 14.5. The Labute approximate surface area is 281 Å². The quantitative estimate of drug-likeness (QED) is 0.247. The van der Waals surface area contributed by atoms with Crippen molar-refractivity contribution in [3.8, 4) is 17.2 Å². The monoisotopic (exact) mass is 674 g/mol. The molecule has 4 aliphatic rings. The average molecular weight is 676 g/mol. The number of hydrogen-bond acceptors (Lipinski definition) is 7. The standard InChI is InChI=1S/C36H32Cl2N2O7/c1-16-5-7-18(11-25(16)37)39-33(42)22-10-9-21-23(29(22)35(39)44)15-24-31(30(21)32-27(46-3)13-20(41)14-28(32)47-4)36(45)40(34(24)43)19-8-6-17(2)26(38)12-19/h5-9,11-14,22-24,29-31,41H,10,15H2,1-4H3. The van der Waals surface area contributed by atoms with E-state index in [-0.39, 0.29) is 41.9 Å². The van der Waals surface area contributed by atoms with Crippen LogP contribution in [0.5, 0.6) is 17.2 Å². The molecule has 47 heavy (non-hydrogen) atoms. The van der Waals surface area contributed by atoms with Crippen LogP contribution < -0.4 is 19.3 Å². The third kappa shape index (κ3) is 4.65. The van der Waals surface area contributed by atoms with Gasteiger partial charge in [-0.25, -0.2) is 9.80 Å². The van der Waals surface area contributed by atoms with Crippen LogP contribution in [-0.4, -0.2) is 43.0 Å². The molecule has 6 atom stereocenters. The number of amides is 4. The van der Waals surface area contributed by atoms with Crippen LogP contribution in [0.3, 0.4) is 0 Å². The molecule has 242 valence electrons. The number of carbonyl (C=O) groups is 4. The van der Waals surface area contributed by atoms with Crippen LogP contribution in [-0.2, 0) is 19.2 Å². The van der Waals surface area contributed by atoms with Gasteiger partial charge in [-0.05, 0) is 68.0 Å². The number of phenolic OH excluding ortho intramolecular Hbond substituents is 1. The predicted molar refractivity (Wildman–Crippen MR) is 176 cm³/mol. The molecular formula is C36H32Cl2N2O7. The normalized spacial score (nSPS) is 26.6. The SMILES string of the molecule is COc1cc(O)cc(OC)c1C1C2=CCC3C(=O)N(c4ccc(C)c(Cl)c4)C(=O)C3C2CC2C(=O)N(c3ccc(C)c(Cl)c3)C(=O)C21. The van der Waals surface area contributed by atoms with Gasteiger partial charge in [0.05, 0.1) is 49.3 Å². The van der Waals surface area contributed by atoms with Crippen molar-refractivity contribution in [1.29, 1.82) is 0 Å². The van der Waals surface area contributed by atoms with Crippen molar-refractivity contribution in [3.05, 3.63) is 86.9 Å². The van der Waals surface area contributed by atoms with Gasteiger partial charge in [0, 0.05) is 33.7 Å². The molecule has 2 heterocycles. The first-order chi connectivity index (χ1) is 22.5. The Kier molecular flexibility index (Phi) is 7.60. The van der Waals surface area contributed by atoms with Gasteiger partial charge in [0.2, 0.25) is 23.6 Å². The van der Waals surface area contributed by atoms with Gasteiger partial charge in [0.15, 0.2) is 0 Å². The van der Waals surface area contributed by atoms with Crippen molar-refractivity contribution in [2.24, 2.45) is 29.6 Å². The minimum Gasteiger partial charge on any atom is -0.508 e. The fourth-order valence-corrected chi connectivity index (χ4v) is 8.44. The lowest BCUT2D eigenvalue weighted by molar-refractivity contribution is -0.126. The summed E-state index contributed by atoms with van der Waals surface area (Å²) in [5.74, 6) is -5.42. The summed E-state index contributed by atoms with van der Waals surface area (Å²) in [6.07, 6.45) is 2.41. The van der Waals surface area contributed by atoms with Crippen LogP contribution >= 0.6 is 23.2 Å². The number of imide groups is 2. The van der Waals surface area contributed by atoms with Crippen molar-refractivity contribution >= 4 is 58.2 Å². The van der Waals surface area contributed by atoms with Crippen LogP contribution in [0.15, 0.2) is 60.2 Å². The molecule has 4 amide bonds. The van der Waals surface area contributed by atoms with E-state index in [2.05, 4.69) is 0 Å². The number of fused-ring (bicyclic) bond motifs is 4. The number of hydrogen-bond donors (Lipinski definition) is 1. The highest BCUT2D eigenvalue weighted by atomic mass is 35.5. The number of carbonyl (C=O) groups excluding carboxylic acids is 4. The average Bonchev–Trinajstić information content (AvgIpc) is 3.46. The molecule has 2 aliphatic carbocycles. The molecule has 6 unspecified atom stereocenters. The molecule has 2 aliphatic heterocycles. The summed E-state index contributed by atoms with van der Waals surface area (Å²) in [6, 6.07) is 13.0. The van der Waals surface area contributed by atoms with E-state index >= 15 is 0 Å². The summed E-state index contributed by atoms with van der Waals surface area (Å²) in [6.45, 7) is 3.67. The molecular weight excluding hydrogens is 643 g/mol. The van der Waals surface area contributed by atoms with Gasteiger partial charge in [-0.15, -0.1) is 0 Å². The zero-order valence-corrected chi connectivity index (χ0v) is 27.6. The van der Waals surface area contributed by atoms with Crippen molar-refractivity contribution in [2.45, 2.75) is 32.6 Å². The number of allylic oxidation sites excluding steroid dienone is 2. The van der Waals surface area contributed by atoms with Crippen LogP contribution in [0.2, 0.25) is 10.0 Å². The molecule has 0 bridgehead atoms. The number of phenols is 1. The number of nitrogens with zero attached hydrogens (tertiary/aromatic N) is 2. The van der Waals surface area contributed by atoms with Crippen molar-refractivity contribution in [1.82, 2.24) is 0 Å². The maximum atomic E-state index is 14.5. The van der Waals surface area contributed by atoms with Crippen molar-refractivity contribution < 1.29 is 33.8 Å². The molecule has 11 heteroatoms. The Bertz CT molecular complexity index is 1900. The first-order valence-corrected chi connectivity index (χ1v) is 16.1. The van der Waals surface area contributed by atoms with E-state index in [1.165, 1.54) is 36.2 Å². The Morgan fingerprint density at radius 1 is 0.702 bits per heavy atom. The minimum absolute atomic E-state index is 0.0993. The fraction of sp³-hybridized carbons (Fsp3) is 0.333. The summed E-state index contributed by atoms with van der Waals surface area (Å²) >= 11 is 12.8. The van der Waals surface area contributed by atoms with Crippen LogP contribution in [0.1, 0.15) is 35.4 Å². The van der Waals surface area contributed by atoms with E-state index in [4.69, 9.17) is 32.7 Å². The molecule has 7 rings (SSSR count). The summed E-state index contributed by atoms with van der Waals surface area (Å²) in [7, 11) is 2.90. The lowest BCUT2D eigenvalue weighted by atomic mass is 9.57. The largest absolute Gasteiger partial charge is 0.508 e. The van der Waals surface area contributed by atoms with E-state index in [1.807, 2.05) is 19.9 Å². The third-order valence-electron chi connectivity index (χ3n) is 10.3. The number of rotatable bonds is 5. The topological polar surface area (TPSA) is 113 Å². The summed E-state index contributed by atoms with van der Waals surface area (Å²) in [4.78, 5) is 59.4. The molecule has 1 saturated carbocycles. The smallest absolute Gasteiger partial charge is 0.238 e. The molecule has 0 aromatic heterocycles. The van der Waals surface area contributed by atoms with Crippen molar-refractivity contribution in [2.75, 3.05) is 24.0 Å². The predicted octanol–water partition coefficient (Wildman–Crippen LogP) is 6.38. The van der Waals surface area contributed by atoms with Gasteiger partial charge >= 0.3 is 0 Å². The number of halogens is 2. The highest BCUT2D eigenvalue weighted by Crippen LogP contribution is 2.61. The molecule has 2 saturated heterocycles. The van der Waals surface area contributed by atoms with Gasteiger partial charge in [0.1, 0.15) is 17.2 Å². The Morgan fingerprint density at radius 2 is 1.21 bits per heavy atom. The zero-order valence-electron chi connectivity index (χ0n) is 26.1. The highest BCUT2D eigenvalue weighted by Gasteiger charge is 2.63. The second kappa shape index (κ2) is 11.4. The maximum Gasteiger partial charge on any atom is 0.238 e. The molecule has 3 aromatic rings. The summed E-state index contributed by atoms with van der Waals surface area (Å²) in [5.41, 5.74) is 3.63. The van der Waals surface area contributed by atoms with Crippen LogP contribution in [0.4, 0.5) is 11.4 Å². The Balaban J connectivity index is 1.39. The number of methoxy groups -OCH3 is 2. The van der Waals surface area contributed by atoms with Gasteiger partial charge in [-0.2, -0.15) is 0 Å². The third-order valence-corrected chi connectivity index (χ3v) is 11.1. The number of ether oxygens (including phenoxy) is 2. The summed E-state index contributed by atoms with van der Waals surface area (Å²) < 4.78 is 11.5. The number of benzene rings is 3. The van der Waals surface area contributed by atoms with E-state index < -0.39 is 47.3 Å². The number of aryl methyl sites for hydroxylation is 2. The first kappa shape index (κ1) is 31.3. The van der Waals surface area contributed by atoms with E-state index in [0.717, 1.165) is 16.7 Å². The fourth-order valence-electron chi connectivity index (χ4n) is 8.09. The molecule has 0 radical (unpaired) electrons. The zero-order chi connectivity index (χ0) is 33.5. The summed E-state index contributed by atoms with van der Waals surface area (Å²) in [5, 5.41) is 11.3. The van der Waals surface area contributed by atoms with Gasteiger partial charge in [0.25, 0.3) is 0 Å². The molecule has 0 spiro atoms. The lowest BCUT2D eigenvalue weighted by Crippen LogP contribution is -2.43. The molecule has 1 N–H and O–H groups in total.